The Bertz CT molecular complexity index is 1460. The molecule has 1 heterocycles. The molecule has 0 fully saturated rings. The first kappa shape index (κ1) is 21.7. The van der Waals surface area contributed by atoms with Gasteiger partial charge in [-0.05, 0) is 47.2 Å². The molecule has 3 atom stereocenters. The highest BCUT2D eigenvalue weighted by atomic mass is 32.1. The van der Waals surface area contributed by atoms with Crippen molar-refractivity contribution in [3.63, 3.8) is 0 Å². The van der Waals surface area contributed by atoms with E-state index in [2.05, 4.69) is 34.6 Å². The van der Waals surface area contributed by atoms with Crippen LogP contribution in [0.1, 0.15) is 69.0 Å². The molecule has 2 amide bonds. The first-order valence-electron chi connectivity index (χ1n) is 11.8. The number of aromatic nitrogens is 1. The summed E-state index contributed by atoms with van der Waals surface area (Å²) in [5.41, 5.74) is 12.1. The molecule has 6 heteroatoms. The van der Waals surface area contributed by atoms with Crippen molar-refractivity contribution in [1.29, 1.82) is 0 Å². The monoisotopic (exact) mass is 479 g/mol. The maximum absolute atomic E-state index is 13.8. The normalized spacial score (nSPS) is 21.7. The number of nitrogens with two attached hydrogens (primary N) is 1. The summed E-state index contributed by atoms with van der Waals surface area (Å²) < 4.78 is 0. The first-order chi connectivity index (χ1) is 17.0. The number of nitrogens with zero attached hydrogens (tertiary/aromatic N) is 1. The van der Waals surface area contributed by atoms with E-state index in [9.17, 15) is 9.59 Å². The molecule has 3 N–H and O–H groups in total. The Morgan fingerprint density at radius 3 is 2.49 bits per heavy atom. The highest BCUT2D eigenvalue weighted by Crippen LogP contribution is 2.61. The smallest absolute Gasteiger partial charge is 0.249 e. The van der Waals surface area contributed by atoms with Gasteiger partial charge in [-0.25, -0.2) is 4.98 Å². The quantitative estimate of drug-likeness (QED) is 0.399. The molecule has 0 radical (unpaired) electrons. The minimum absolute atomic E-state index is 0.0438. The predicted molar refractivity (Wildman–Crippen MR) is 138 cm³/mol. The molecule has 4 aromatic rings. The van der Waals surface area contributed by atoms with Gasteiger partial charge in [0.05, 0.1) is 11.1 Å². The van der Waals surface area contributed by atoms with Crippen LogP contribution in [0.3, 0.4) is 0 Å². The van der Waals surface area contributed by atoms with E-state index in [0.29, 0.717) is 17.1 Å². The van der Waals surface area contributed by atoms with Crippen LogP contribution in [0.25, 0.3) is 0 Å². The molecular weight excluding hydrogens is 454 g/mol. The number of amides is 2. The van der Waals surface area contributed by atoms with E-state index in [0.717, 1.165) is 28.8 Å². The largest absolute Gasteiger partial charge is 0.366 e. The van der Waals surface area contributed by atoms with Gasteiger partial charge < -0.3 is 11.1 Å². The van der Waals surface area contributed by atoms with E-state index in [1.807, 2.05) is 54.8 Å². The third-order valence-electron chi connectivity index (χ3n) is 7.53. The molecule has 5 nitrogen and oxygen atoms in total. The van der Waals surface area contributed by atoms with Gasteiger partial charge >= 0.3 is 0 Å². The zero-order chi connectivity index (χ0) is 24.2. The van der Waals surface area contributed by atoms with Crippen LogP contribution in [0.15, 0.2) is 78.2 Å². The van der Waals surface area contributed by atoms with Crippen LogP contribution in [-0.4, -0.2) is 16.8 Å². The van der Waals surface area contributed by atoms with Crippen molar-refractivity contribution >= 4 is 28.3 Å². The van der Waals surface area contributed by atoms with E-state index in [4.69, 9.17) is 5.73 Å². The topological polar surface area (TPSA) is 85.1 Å². The summed E-state index contributed by atoms with van der Waals surface area (Å²) >= 11 is 1.45. The second kappa shape index (κ2) is 8.17. The Labute approximate surface area is 208 Å². The van der Waals surface area contributed by atoms with Gasteiger partial charge in [0.1, 0.15) is 0 Å². The van der Waals surface area contributed by atoms with Gasteiger partial charge in [-0.1, -0.05) is 66.7 Å². The Balaban J connectivity index is 1.34. The molecule has 3 aliphatic carbocycles. The average molecular weight is 480 g/mol. The zero-order valence-corrected chi connectivity index (χ0v) is 20.1. The number of fused-ring (bicyclic) bond motifs is 1. The molecule has 3 aliphatic rings. The van der Waals surface area contributed by atoms with Gasteiger partial charge in [0, 0.05) is 29.2 Å². The number of hydrogen-bond acceptors (Lipinski definition) is 4. The minimum Gasteiger partial charge on any atom is -0.366 e. The lowest BCUT2D eigenvalue weighted by Gasteiger charge is -2.51. The minimum atomic E-state index is -0.687. The summed E-state index contributed by atoms with van der Waals surface area (Å²) in [5.74, 6) is -0.693. The van der Waals surface area contributed by atoms with Crippen molar-refractivity contribution in [3.8, 4) is 0 Å². The fourth-order valence-electron chi connectivity index (χ4n) is 6.01. The summed E-state index contributed by atoms with van der Waals surface area (Å²) in [6, 6.07) is 24.2. The number of carbonyl (C=O) groups excluding carboxylic acids is 2. The summed E-state index contributed by atoms with van der Waals surface area (Å²) in [6.07, 6.45) is 1.34. The second-order valence-electron chi connectivity index (χ2n) is 9.67. The fourth-order valence-corrected chi connectivity index (χ4v) is 6.71. The molecule has 7 rings (SSSR count). The second-order valence-corrected chi connectivity index (χ2v) is 10.5. The van der Waals surface area contributed by atoms with Crippen molar-refractivity contribution in [2.75, 3.05) is 5.32 Å². The third-order valence-corrected chi connectivity index (χ3v) is 8.34. The average Bonchev–Trinajstić information content (AvgIpc) is 3.30. The van der Waals surface area contributed by atoms with Crippen molar-refractivity contribution in [2.45, 2.75) is 31.6 Å². The molecule has 0 spiro atoms. The number of anilines is 1. The van der Waals surface area contributed by atoms with Gasteiger partial charge in [-0.2, -0.15) is 0 Å². The fraction of sp³-hybridized carbons (Fsp3) is 0.207. The molecule has 3 aromatic carbocycles. The number of carbonyl (C=O) groups is 2. The van der Waals surface area contributed by atoms with Gasteiger partial charge in [-0.15, -0.1) is 11.3 Å². The lowest BCUT2D eigenvalue weighted by Crippen LogP contribution is -2.47. The SMILES string of the molecule is CC1(C(=O)Nc2nc(Cc3ccccc3)cs2)CC2c3ccccc3C1c1cccc(C(N)=O)c12. The highest BCUT2D eigenvalue weighted by Gasteiger charge is 2.54. The number of rotatable bonds is 5. The Morgan fingerprint density at radius 2 is 1.71 bits per heavy atom. The third kappa shape index (κ3) is 3.48. The maximum atomic E-state index is 13.8. The molecule has 3 unspecified atom stereocenters. The molecular formula is C29H25N3O2S. The summed E-state index contributed by atoms with van der Waals surface area (Å²) in [7, 11) is 0. The van der Waals surface area contributed by atoms with Gasteiger partial charge in [0.2, 0.25) is 11.8 Å². The number of thiazole rings is 1. The van der Waals surface area contributed by atoms with Gasteiger partial charge in [-0.3, -0.25) is 9.59 Å². The van der Waals surface area contributed by atoms with E-state index < -0.39 is 11.3 Å². The standard InChI is InChI=1S/C29H25N3O2S/c1-29(27(34)32-28-31-18(16-35-28)14-17-8-3-2-4-9-17)15-23-19-10-5-6-11-20(19)25(29)21-12-7-13-22(24(21)23)26(30)33/h2-13,16,23,25H,14-15H2,1H3,(H2,30,33)(H,31,32,34). The summed E-state index contributed by atoms with van der Waals surface area (Å²) in [6.45, 7) is 2.04. The predicted octanol–water partition coefficient (Wildman–Crippen LogP) is 5.46. The van der Waals surface area contributed by atoms with E-state index in [1.54, 1.807) is 6.07 Å². The molecule has 1 aromatic heterocycles. The molecule has 0 saturated carbocycles. The lowest BCUT2D eigenvalue weighted by atomic mass is 9.52. The van der Waals surface area contributed by atoms with Crippen molar-refractivity contribution < 1.29 is 9.59 Å². The Hall–Kier alpha value is -3.77. The molecule has 0 aliphatic heterocycles. The zero-order valence-electron chi connectivity index (χ0n) is 19.3. The number of benzene rings is 3. The van der Waals surface area contributed by atoms with Crippen molar-refractivity contribution in [1.82, 2.24) is 4.98 Å². The van der Waals surface area contributed by atoms with Crippen LogP contribution in [0.5, 0.6) is 0 Å². The van der Waals surface area contributed by atoms with Crippen LogP contribution >= 0.6 is 11.3 Å². The van der Waals surface area contributed by atoms with Crippen LogP contribution in [0.4, 0.5) is 5.13 Å². The molecule has 35 heavy (non-hydrogen) atoms. The van der Waals surface area contributed by atoms with E-state index in [-0.39, 0.29) is 17.7 Å². The summed E-state index contributed by atoms with van der Waals surface area (Å²) in [5, 5.41) is 5.73. The Morgan fingerprint density at radius 1 is 1.00 bits per heavy atom. The molecule has 2 bridgehead atoms. The van der Waals surface area contributed by atoms with Crippen LogP contribution in [0.2, 0.25) is 0 Å². The first-order valence-corrected chi connectivity index (χ1v) is 12.6. The van der Waals surface area contributed by atoms with Crippen molar-refractivity contribution in [3.05, 3.63) is 117 Å². The molecule has 174 valence electrons. The summed E-state index contributed by atoms with van der Waals surface area (Å²) in [4.78, 5) is 30.8. The van der Waals surface area contributed by atoms with Gasteiger partial charge in [0.25, 0.3) is 0 Å². The van der Waals surface area contributed by atoms with Crippen LogP contribution in [-0.2, 0) is 11.2 Å². The Kier molecular flexibility index (Phi) is 5.07. The molecule has 0 saturated heterocycles. The van der Waals surface area contributed by atoms with E-state index in [1.165, 1.54) is 22.5 Å². The van der Waals surface area contributed by atoms with Crippen LogP contribution in [0, 0.1) is 5.41 Å². The van der Waals surface area contributed by atoms with Crippen LogP contribution < -0.4 is 11.1 Å². The highest BCUT2D eigenvalue weighted by molar-refractivity contribution is 7.13. The van der Waals surface area contributed by atoms with Gasteiger partial charge in [0.15, 0.2) is 5.13 Å². The van der Waals surface area contributed by atoms with E-state index >= 15 is 0 Å². The number of primary amides is 1. The number of nitrogens with one attached hydrogen (secondary N) is 1. The lowest BCUT2D eigenvalue weighted by molar-refractivity contribution is -0.126. The van der Waals surface area contributed by atoms with Crippen molar-refractivity contribution in [2.24, 2.45) is 11.1 Å². The maximum Gasteiger partial charge on any atom is 0.249 e. The number of hydrogen-bond donors (Lipinski definition) is 2.